The third-order valence-electron chi connectivity index (χ3n) is 3.82. The molecule has 116 valence electrons. The highest BCUT2D eigenvalue weighted by atomic mass is 19.1. The quantitative estimate of drug-likeness (QED) is 0.814. The van der Waals surface area contributed by atoms with E-state index in [9.17, 15) is 9.18 Å². The normalized spacial score (nSPS) is 19.7. The van der Waals surface area contributed by atoms with Gasteiger partial charge in [-0.25, -0.2) is 4.39 Å². The second kappa shape index (κ2) is 6.87. The molecule has 1 heterocycles. The van der Waals surface area contributed by atoms with Crippen LogP contribution in [0.4, 0.5) is 15.8 Å². The SMILES string of the molecule is CC(C(=O)Nc1ccc(F)c(N)c1)N(C)CC1CCCO1. The number of ether oxygens (including phenoxy) is 1. The molecular formula is C15H22FN3O2. The number of nitrogens with zero attached hydrogens (tertiary/aromatic N) is 1. The molecule has 21 heavy (non-hydrogen) atoms. The summed E-state index contributed by atoms with van der Waals surface area (Å²) < 4.78 is 18.7. The predicted octanol–water partition coefficient (Wildman–Crippen LogP) is 1.85. The molecule has 1 aromatic rings. The van der Waals surface area contributed by atoms with Gasteiger partial charge in [-0.2, -0.15) is 0 Å². The molecule has 1 amide bonds. The Bertz CT molecular complexity index is 504. The van der Waals surface area contributed by atoms with Gasteiger partial charge in [0.2, 0.25) is 5.91 Å². The summed E-state index contributed by atoms with van der Waals surface area (Å²) in [4.78, 5) is 14.2. The monoisotopic (exact) mass is 295 g/mol. The molecule has 2 atom stereocenters. The Labute approximate surface area is 124 Å². The van der Waals surface area contributed by atoms with Crippen molar-refractivity contribution < 1.29 is 13.9 Å². The molecule has 2 rings (SSSR count). The molecule has 1 saturated heterocycles. The lowest BCUT2D eigenvalue weighted by atomic mass is 10.2. The van der Waals surface area contributed by atoms with Crippen molar-refractivity contribution in [1.82, 2.24) is 4.90 Å². The topological polar surface area (TPSA) is 67.6 Å². The van der Waals surface area contributed by atoms with Crippen molar-refractivity contribution in [3.8, 4) is 0 Å². The Morgan fingerprint density at radius 1 is 1.62 bits per heavy atom. The maximum Gasteiger partial charge on any atom is 0.241 e. The highest BCUT2D eigenvalue weighted by Crippen LogP contribution is 2.17. The molecule has 0 saturated carbocycles. The minimum atomic E-state index is -0.489. The Morgan fingerprint density at radius 3 is 3.00 bits per heavy atom. The van der Waals surface area contributed by atoms with E-state index in [0.29, 0.717) is 5.69 Å². The molecule has 3 N–H and O–H groups in total. The summed E-state index contributed by atoms with van der Waals surface area (Å²) in [6.45, 7) is 3.35. The Hall–Kier alpha value is -1.66. The summed E-state index contributed by atoms with van der Waals surface area (Å²) in [5.74, 6) is -0.641. The number of hydrogen-bond donors (Lipinski definition) is 2. The number of anilines is 2. The van der Waals surface area contributed by atoms with E-state index in [2.05, 4.69) is 5.32 Å². The van der Waals surface area contributed by atoms with E-state index in [-0.39, 0.29) is 23.7 Å². The van der Waals surface area contributed by atoms with Crippen LogP contribution in [0, 0.1) is 5.82 Å². The van der Waals surface area contributed by atoms with Crippen LogP contribution in [0.15, 0.2) is 18.2 Å². The van der Waals surface area contributed by atoms with Gasteiger partial charge in [-0.1, -0.05) is 0 Å². The molecule has 0 spiro atoms. The number of likely N-dealkylation sites (N-methyl/N-ethyl adjacent to an activating group) is 1. The van der Waals surface area contributed by atoms with E-state index in [0.717, 1.165) is 26.0 Å². The van der Waals surface area contributed by atoms with Crippen molar-refractivity contribution in [2.24, 2.45) is 0 Å². The Balaban J connectivity index is 1.90. The fourth-order valence-corrected chi connectivity index (χ4v) is 2.34. The zero-order valence-corrected chi connectivity index (χ0v) is 12.4. The molecular weight excluding hydrogens is 273 g/mol. The van der Waals surface area contributed by atoms with Gasteiger partial charge >= 0.3 is 0 Å². The van der Waals surface area contributed by atoms with Crippen LogP contribution in [-0.2, 0) is 9.53 Å². The zero-order chi connectivity index (χ0) is 15.4. The first kappa shape index (κ1) is 15.7. The second-order valence-electron chi connectivity index (χ2n) is 5.48. The van der Waals surface area contributed by atoms with E-state index < -0.39 is 5.82 Å². The molecule has 0 bridgehead atoms. The highest BCUT2D eigenvalue weighted by Gasteiger charge is 2.23. The van der Waals surface area contributed by atoms with E-state index >= 15 is 0 Å². The number of amides is 1. The number of rotatable bonds is 5. The van der Waals surface area contributed by atoms with Gasteiger partial charge in [-0.15, -0.1) is 0 Å². The number of hydrogen-bond acceptors (Lipinski definition) is 4. The Morgan fingerprint density at radius 2 is 2.38 bits per heavy atom. The van der Waals surface area contributed by atoms with Crippen LogP contribution in [-0.4, -0.2) is 43.2 Å². The molecule has 5 nitrogen and oxygen atoms in total. The van der Waals surface area contributed by atoms with Gasteiger partial charge in [-0.05, 0) is 45.0 Å². The zero-order valence-electron chi connectivity index (χ0n) is 12.4. The fraction of sp³-hybridized carbons (Fsp3) is 0.533. The van der Waals surface area contributed by atoms with E-state index in [1.165, 1.54) is 18.2 Å². The number of carbonyl (C=O) groups excluding carboxylic acids is 1. The highest BCUT2D eigenvalue weighted by molar-refractivity contribution is 5.94. The van der Waals surface area contributed by atoms with Crippen LogP contribution < -0.4 is 11.1 Å². The van der Waals surface area contributed by atoms with Crippen LogP contribution in [0.5, 0.6) is 0 Å². The minimum Gasteiger partial charge on any atom is -0.396 e. The Kier molecular flexibility index (Phi) is 5.14. The first-order valence-corrected chi connectivity index (χ1v) is 7.15. The number of nitrogens with one attached hydrogen (secondary N) is 1. The summed E-state index contributed by atoms with van der Waals surface area (Å²) >= 11 is 0. The number of nitrogen functional groups attached to an aromatic ring is 1. The van der Waals surface area contributed by atoms with Crippen LogP contribution in [0.25, 0.3) is 0 Å². The van der Waals surface area contributed by atoms with E-state index in [4.69, 9.17) is 10.5 Å². The molecule has 0 aromatic heterocycles. The van der Waals surface area contributed by atoms with Gasteiger partial charge in [0.05, 0.1) is 17.8 Å². The maximum atomic E-state index is 13.1. The second-order valence-corrected chi connectivity index (χ2v) is 5.48. The van der Waals surface area contributed by atoms with Gasteiger partial charge in [0.1, 0.15) is 5.82 Å². The average Bonchev–Trinajstić information content (AvgIpc) is 2.94. The summed E-state index contributed by atoms with van der Waals surface area (Å²) in [5.41, 5.74) is 6.01. The third-order valence-corrected chi connectivity index (χ3v) is 3.82. The van der Waals surface area contributed by atoms with Gasteiger partial charge in [-0.3, -0.25) is 9.69 Å². The molecule has 0 aliphatic carbocycles. The maximum absolute atomic E-state index is 13.1. The summed E-state index contributed by atoms with van der Waals surface area (Å²) in [5, 5.41) is 2.75. The van der Waals surface area contributed by atoms with Crippen molar-refractivity contribution in [2.75, 3.05) is 31.2 Å². The van der Waals surface area contributed by atoms with Crippen LogP contribution in [0.2, 0.25) is 0 Å². The van der Waals surface area contributed by atoms with Crippen LogP contribution in [0.1, 0.15) is 19.8 Å². The molecule has 1 aromatic carbocycles. The van der Waals surface area contributed by atoms with Crippen molar-refractivity contribution >= 4 is 17.3 Å². The smallest absolute Gasteiger partial charge is 0.241 e. The van der Waals surface area contributed by atoms with E-state index in [1.54, 1.807) is 0 Å². The molecule has 2 unspecified atom stereocenters. The minimum absolute atomic E-state index is 0.0214. The lowest BCUT2D eigenvalue weighted by molar-refractivity contribution is -0.120. The molecule has 1 fully saturated rings. The molecule has 1 aliphatic rings. The number of halogens is 1. The van der Waals surface area contributed by atoms with Gasteiger partial charge in [0, 0.05) is 18.8 Å². The molecule has 6 heteroatoms. The summed E-state index contributed by atoms with van der Waals surface area (Å²) in [6, 6.07) is 3.85. The fourth-order valence-electron chi connectivity index (χ4n) is 2.34. The number of carbonyl (C=O) groups is 1. The molecule has 0 radical (unpaired) electrons. The van der Waals surface area contributed by atoms with Crippen molar-refractivity contribution in [2.45, 2.75) is 31.9 Å². The van der Waals surface area contributed by atoms with Crippen LogP contribution in [0.3, 0.4) is 0 Å². The predicted molar refractivity (Wildman–Crippen MR) is 80.5 cm³/mol. The lowest BCUT2D eigenvalue weighted by Gasteiger charge is -2.26. The molecule has 1 aliphatic heterocycles. The average molecular weight is 295 g/mol. The van der Waals surface area contributed by atoms with Gasteiger partial charge < -0.3 is 15.8 Å². The largest absolute Gasteiger partial charge is 0.396 e. The first-order valence-electron chi connectivity index (χ1n) is 7.15. The van der Waals surface area contributed by atoms with Gasteiger partial charge in [0.15, 0.2) is 0 Å². The van der Waals surface area contributed by atoms with Crippen LogP contribution >= 0.6 is 0 Å². The number of nitrogens with two attached hydrogens (primary N) is 1. The summed E-state index contributed by atoms with van der Waals surface area (Å²) in [6.07, 6.45) is 2.31. The van der Waals surface area contributed by atoms with Gasteiger partial charge in [0.25, 0.3) is 0 Å². The lowest BCUT2D eigenvalue weighted by Crippen LogP contribution is -2.43. The first-order chi connectivity index (χ1) is 9.97. The number of benzene rings is 1. The van der Waals surface area contributed by atoms with E-state index in [1.807, 2.05) is 18.9 Å². The van der Waals surface area contributed by atoms with Crippen molar-refractivity contribution in [3.63, 3.8) is 0 Å². The third kappa shape index (κ3) is 4.15. The van der Waals surface area contributed by atoms with Crippen molar-refractivity contribution in [1.29, 1.82) is 0 Å². The van der Waals surface area contributed by atoms with Crippen molar-refractivity contribution in [3.05, 3.63) is 24.0 Å². The standard InChI is InChI=1S/C15H22FN3O2/c1-10(19(2)9-12-4-3-7-21-12)15(20)18-11-5-6-13(16)14(17)8-11/h5-6,8,10,12H,3-4,7,9,17H2,1-2H3,(H,18,20). The summed E-state index contributed by atoms with van der Waals surface area (Å²) in [7, 11) is 1.89.